The van der Waals surface area contributed by atoms with Gasteiger partial charge in [0.1, 0.15) is 0 Å². The van der Waals surface area contributed by atoms with Crippen molar-refractivity contribution in [3.63, 3.8) is 0 Å². The third-order valence-corrected chi connectivity index (χ3v) is 3.87. The lowest BCUT2D eigenvalue weighted by atomic mass is 10.2. The highest BCUT2D eigenvalue weighted by Crippen LogP contribution is 2.24. The van der Waals surface area contributed by atoms with Gasteiger partial charge in [-0.05, 0) is 33.4 Å². The van der Waals surface area contributed by atoms with E-state index >= 15 is 0 Å². The van der Waals surface area contributed by atoms with Gasteiger partial charge in [-0.3, -0.25) is 4.90 Å². The maximum Gasteiger partial charge on any atom is 0.0113 e. The van der Waals surface area contributed by atoms with Gasteiger partial charge in [0.05, 0.1) is 0 Å². The Kier molecular flexibility index (Phi) is 3.42. The van der Waals surface area contributed by atoms with E-state index in [0.717, 1.165) is 12.1 Å². The molecule has 3 heteroatoms. The number of hydrogen-bond donors (Lipinski definition) is 1. The van der Waals surface area contributed by atoms with Gasteiger partial charge in [-0.15, -0.1) is 0 Å². The molecule has 82 valence electrons. The third-order valence-electron chi connectivity index (χ3n) is 3.87. The first-order chi connectivity index (χ1) is 6.79. The van der Waals surface area contributed by atoms with Gasteiger partial charge in [0.15, 0.2) is 0 Å². The molecule has 1 N–H and O–H groups in total. The standard InChI is InChI=1S/C11H23N3/c1-12-10-3-4-11(9-10)14-7-5-13(2)6-8-14/h10-12H,3-9H2,1-2H3/t10-,11-/m0/s1. The van der Waals surface area contributed by atoms with Crippen molar-refractivity contribution >= 4 is 0 Å². The van der Waals surface area contributed by atoms with Gasteiger partial charge in [0, 0.05) is 38.3 Å². The molecule has 0 aromatic heterocycles. The Balaban J connectivity index is 1.79. The van der Waals surface area contributed by atoms with E-state index < -0.39 is 0 Å². The first kappa shape index (κ1) is 10.4. The molecule has 1 saturated heterocycles. The van der Waals surface area contributed by atoms with Crippen LogP contribution in [-0.2, 0) is 0 Å². The quantitative estimate of drug-likeness (QED) is 0.690. The highest BCUT2D eigenvalue weighted by atomic mass is 15.3. The van der Waals surface area contributed by atoms with E-state index in [9.17, 15) is 0 Å². The lowest BCUT2D eigenvalue weighted by Gasteiger charge is -2.36. The molecule has 0 spiro atoms. The smallest absolute Gasteiger partial charge is 0.0113 e. The maximum absolute atomic E-state index is 3.40. The van der Waals surface area contributed by atoms with Crippen LogP contribution in [0.5, 0.6) is 0 Å². The second-order valence-corrected chi connectivity index (χ2v) is 4.79. The first-order valence-electron chi connectivity index (χ1n) is 5.89. The van der Waals surface area contributed by atoms with Gasteiger partial charge < -0.3 is 10.2 Å². The van der Waals surface area contributed by atoms with Gasteiger partial charge in [-0.1, -0.05) is 0 Å². The van der Waals surface area contributed by atoms with Crippen LogP contribution < -0.4 is 5.32 Å². The molecule has 1 heterocycles. The number of likely N-dealkylation sites (N-methyl/N-ethyl adjacent to an activating group) is 1. The van der Waals surface area contributed by atoms with Crippen molar-refractivity contribution in [1.82, 2.24) is 15.1 Å². The normalized spacial score (nSPS) is 36.4. The van der Waals surface area contributed by atoms with Crippen molar-refractivity contribution in [2.75, 3.05) is 40.3 Å². The molecule has 2 rings (SSSR count). The molecule has 2 atom stereocenters. The summed E-state index contributed by atoms with van der Waals surface area (Å²) in [6.07, 6.45) is 4.13. The molecular formula is C11H23N3. The van der Waals surface area contributed by atoms with Crippen molar-refractivity contribution in [2.24, 2.45) is 0 Å². The third kappa shape index (κ3) is 2.27. The number of nitrogens with one attached hydrogen (secondary N) is 1. The molecule has 0 amide bonds. The predicted molar refractivity (Wildman–Crippen MR) is 59.6 cm³/mol. The van der Waals surface area contributed by atoms with E-state index in [1.54, 1.807) is 0 Å². The molecule has 0 aromatic rings. The zero-order valence-corrected chi connectivity index (χ0v) is 9.50. The summed E-state index contributed by atoms with van der Waals surface area (Å²) < 4.78 is 0. The molecule has 14 heavy (non-hydrogen) atoms. The van der Waals surface area contributed by atoms with Gasteiger partial charge in [0.2, 0.25) is 0 Å². The van der Waals surface area contributed by atoms with E-state index in [0.29, 0.717) is 0 Å². The average molecular weight is 197 g/mol. The Bertz CT molecular complexity index is 175. The molecule has 3 nitrogen and oxygen atoms in total. The molecule has 0 aromatic carbocycles. The molecular weight excluding hydrogens is 174 g/mol. The van der Waals surface area contributed by atoms with Crippen LogP contribution in [0.15, 0.2) is 0 Å². The SMILES string of the molecule is CN[C@H]1CC[C@H](N2CCN(C)CC2)C1. The molecule has 0 unspecified atom stereocenters. The summed E-state index contributed by atoms with van der Waals surface area (Å²) in [5, 5.41) is 3.40. The minimum atomic E-state index is 0.777. The Labute approximate surface area is 87.4 Å². The van der Waals surface area contributed by atoms with Crippen LogP contribution in [0.4, 0.5) is 0 Å². The zero-order valence-electron chi connectivity index (χ0n) is 9.50. The van der Waals surface area contributed by atoms with Gasteiger partial charge in [0.25, 0.3) is 0 Å². The van der Waals surface area contributed by atoms with Gasteiger partial charge in [-0.25, -0.2) is 0 Å². The van der Waals surface area contributed by atoms with Crippen LogP contribution in [0.3, 0.4) is 0 Å². The van der Waals surface area contributed by atoms with Gasteiger partial charge >= 0.3 is 0 Å². The number of piperazine rings is 1. The van der Waals surface area contributed by atoms with Crippen LogP contribution in [0.25, 0.3) is 0 Å². The van der Waals surface area contributed by atoms with E-state index in [1.807, 2.05) is 0 Å². The molecule has 2 fully saturated rings. The molecule has 1 saturated carbocycles. The van der Waals surface area contributed by atoms with E-state index in [4.69, 9.17) is 0 Å². The largest absolute Gasteiger partial charge is 0.317 e. The Hall–Kier alpha value is -0.120. The van der Waals surface area contributed by atoms with Crippen LogP contribution >= 0.6 is 0 Å². The fraction of sp³-hybridized carbons (Fsp3) is 1.00. The lowest BCUT2D eigenvalue weighted by molar-refractivity contribution is 0.112. The summed E-state index contributed by atoms with van der Waals surface area (Å²) in [5.41, 5.74) is 0. The lowest BCUT2D eigenvalue weighted by Crippen LogP contribution is -2.48. The van der Waals surface area contributed by atoms with Crippen LogP contribution in [0.2, 0.25) is 0 Å². The summed E-state index contributed by atoms with van der Waals surface area (Å²) in [4.78, 5) is 5.12. The summed E-state index contributed by atoms with van der Waals surface area (Å²) >= 11 is 0. The summed E-state index contributed by atoms with van der Waals surface area (Å²) in [6.45, 7) is 5.05. The fourth-order valence-corrected chi connectivity index (χ4v) is 2.74. The van der Waals surface area contributed by atoms with Crippen LogP contribution in [0, 0.1) is 0 Å². The first-order valence-corrected chi connectivity index (χ1v) is 5.89. The van der Waals surface area contributed by atoms with E-state index in [2.05, 4.69) is 29.2 Å². The summed E-state index contributed by atoms with van der Waals surface area (Å²) in [7, 11) is 4.32. The maximum atomic E-state index is 3.40. The summed E-state index contributed by atoms with van der Waals surface area (Å²) in [5.74, 6) is 0. The van der Waals surface area contributed by atoms with Crippen LogP contribution in [0.1, 0.15) is 19.3 Å². The monoisotopic (exact) mass is 197 g/mol. The van der Waals surface area contributed by atoms with Crippen molar-refractivity contribution in [2.45, 2.75) is 31.3 Å². The minimum Gasteiger partial charge on any atom is -0.317 e. The second kappa shape index (κ2) is 4.60. The number of nitrogens with zero attached hydrogens (tertiary/aromatic N) is 2. The fourth-order valence-electron chi connectivity index (χ4n) is 2.74. The molecule has 0 bridgehead atoms. The number of hydrogen-bond acceptors (Lipinski definition) is 3. The Morgan fingerprint density at radius 1 is 1.07 bits per heavy atom. The summed E-state index contributed by atoms with van der Waals surface area (Å²) in [6, 6.07) is 1.64. The van der Waals surface area contributed by atoms with Gasteiger partial charge in [-0.2, -0.15) is 0 Å². The van der Waals surface area contributed by atoms with E-state index in [-0.39, 0.29) is 0 Å². The van der Waals surface area contributed by atoms with Crippen molar-refractivity contribution in [1.29, 1.82) is 0 Å². The van der Waals surface area contributed by atoms with Crippen LogP contribution in [-0.4, -0.2) is 62.2 Å². The van der Waals surface area contributed by atoms with E-state index in [1.165, 1.54) is 45.4 Å². The topological polar surface area (TPSA) is 18.5 Å². The molecule has 2 aliphatic rings. The number of rotatable bonds is 2. The molecule has 0 radical (unpaired) electrons. The highest BCUT2D eigenvalue weighted by molar-refractivity contribution is 4.87. The van der Waals surface area contributed by atoms with Crippen molar-refractivity contribution in [3.05, 3.63) is 0 Å². The Morgan fingerprint density at radius 2 is 1.79 bits per heavy atom. The van der Waals surface area contributed by atoms with Crippen molar-refractivity contribution < 1.29 is 0 Å². The molecule has 1 aliphatic carbocycles. The predicted octanol–water partition coefficient (Wildman–Crippen LogP) is 0.374. The zero-order chi connectivity index (χ0) is 9.97. The van der Waals surface area contributed by atoms with Crippen molar-refractivity contribution in [3.8, 4) is 0 Å². The molecule has 1 aliphatic heterocycles. The second-order valence-electron chi connectivity index (χ2n) is 4.79. The Morgan fingerprint density at radius 3 is 2.36 bits per heavy atom. The minimum absolute atomic E-state index is 0.777. The highest BCUT2D eigenvalue weighted by Gasteiger charge is 2.29. The average Bonchev–Trinajstić information content (AvgIpc) is 2.67.